The number of rotatable bonds is 11. The first-order valence-corrected chi connectivity index (χ1v) is 15.9. The Bertz CT molecular complexity index is 1070. The number of morpholine rings is 1. The Morgan fingerprint density at radius 1 is 1.12 bits per heavy atom. The van der Waals surface area contributed by atoms with E-state index in [4.69, 9.17) is 23.7 Å². The molecule has 6 unspecified atom stereocenters. The van der Waals surface area contributed by atoms with Gasteiger partial charge in [0.05, 0.1) is 39.6 Å². The standard InChI is InChI=1S/C32H49NO9/c1-21(2)23-16-32(20-34)30(3)10-9-22-24(18-40-29(22)37)25(30)19-41-31(32,4)28(23)42-26(35)8-6-5-7-13-39-27(36)17-33-11-14-38-15-12-33/h21,23,25,28,34H,5-20H2,1-4H3. The van der Waals surface area contributed by atoms with Crippen LogP contribution in [-0.2, 0) is 38.1 Å². The lowest BCUT2D eigenvalue weighted by Crippen LogP contribution is -2.67. The van der Waals surface area contributed by atoms with E-state index < -0.39 is 17.1 Å². The van der Waals surface area contributed by atoms with Gasteiger partial charge in [-0.3, -0.25) is 14.5 Å². The maximum absolute atomic E-state index is 13.2. The first-order chi connectivity index (χ1) is 20.1. The van der Waals surface area contributed by atoms with E-state index >= 15 is 0 Å². The fourth-order valence-electron chi connectivity index (χ4n) is 8.60. The third-order valence-corrected chi connectivity index (χ3v) is 11.3. The van der Waals surface area contributed by atoms with Crippen molar-refractivity contribution in [2.45, 2.75) is 84.3 Å². The van der Waals surface area contributed by atoms with E-state index in [0.29, 0.717) is 58.7 Å². The van der Waals surface area contributed by atoms with Crippen molar-refractivity contribution >= 4 is 17.9 Å². The third kappa shape index (κ3) is 5.41. The molecule has 1 saturated carbocycles. The number of aliphatic hydroxyl groups is 1. The van der Waals surface area contributed by atoms with Crippen LogP contribution in [0.2, 0.25) is 0 Å². The minimum atomic E-state index is -0.853. The summed E-state index contributed by atoms with van der Waals surface area (Å²) in [7, 11) is 0. The molecule has 2 saturated heterocycles. The van der Waals surface area contributed by atoms with Crippen molar-refractivity contribution in [3.05, 3.63) is 11.1 Å². The van der Waals surface area contributed by atoms with E-state index in [1.807, 2.05) is 11.8 Å². The van der Waals surface area contributed by atoms with Gasteiger partial charge in [-0.2, -0.15) is 0 Å². The second kappa shape index (κ2) is 12.5. The Kier molecular flexibility index (Phi) is 9.38. The third-order valence-electron chi connectivity index (χ3n) is 11.3. The highest BCUT2D eigenvalue weighted by Gasteiger charge is 2.74. The van der Waals surface area contributed by atoms with Crippen LogP contribution in [0.1, 0.15) is 72.6 Å². The maximum Gasteiger partial charge on any atom is 0.334 e. The largest absolute Gasteiger partial charge is 0.465 e. The molecule has 0 aromatic carbocycles. The van der Waals surface area contributed by atoms with Gasteiger partial charge in [0.15, 0.2) is 0 Å². The molecule has 0 bridgehead atoms. The lowest BCUT2D eigenvalue weighted by Gasteiger charge is -2.62. The number of esters is 3. The van der Waals surface area contributed by atoms with Crippen LogP contribution in [0.4, 0.5) is 0 Å². The summed E-state index contributed by atoms with van der Waals surface area (Å²) in [5.41, 5.74) is 0.00368. The van der Waals surface area contributed by atoms with Gasteiger partial charge in [-0.1, -0.05) is 20.8 Å². The average molecular weight is 592 g/mol. The van der Waals surface area contributed by atoms with E-state index in [0.717, 1.165) is 37.1 Å². The first-order valence-electron chi connectivity index (χ1n) is 15.9. The molecule has 5 rings (SSSR count). The van der Waals surface area contributed by atoms with Crippen molar-refractivity contribution in [2.75, 3.05) is 59.3 Å². The normalized spacial score (nSPS) is 36.3. The van der Waals surface area contributed by atoms with Crippen LogP contribution in [0.15, 0.2) is 11.1 Å². The van der Waals surface area contributed by atoms with Crippen molar-refractivity contribution in [3.8, 4) is 0 Å². The minimum Gasteiger partial charge on any atom is -0.465 e. The van der Waals surface area contributed by atoms with Gasteiger partial charge in [0.2, 0.25) is 0 Å². The molecule has 3 heterocycles. The molecular weight excluding hydrogens is 542 g/mol. The zero-order valence-electron chi connectivity index (χ0n) is 25.8. The van der Waals surface area contributed by atoms with Crippen LogP contribution in [0.5, 0.6) is 0 Å². The quantitative estimate of drug-likeness (QED) is 0.218. The number of cyclic esters (lactones) is 1. The van der Waals surface area contributed by atoms with Crippen LogP contribution in [-0.4, -0.2) is 98.9 Å². The van der Waals surface area contributed by atoms with Crippen LogP contribution in [0.25, 0.3) is 0 Å². The SMILES string of the molecule is CC(C)C1CC2(CO)C3(C)CCC4=C(COC4=O)C3COC2(C)C1OC(=O)CCCCCOC(=O)CN1CCOCC1. The number of hydrogen-bond acceptors (Lipinski definition) is 10. The molecule has 3 fully saturated rings. The molecule has 10 nitrogen and oxygen atoms in total. The van der Waals surface area contributed by atoms with Crippen LogP contribution >= 0.6 is 0 Å². The number of carbonyl (C=O) groups excluding carboxylic acids is 3. The first kappa shape index (κ1) is 31.4. The highest BCUT2D eigenvalue weighted by atomic mass is 16.6. The minimum absolute atomic E-state index is 0.0156. The number of ether oxygens (including phenoxy) is 5. The molecule has 6 atom stereocenters. The summed E-state index contributed by atoms with van der Waals surface area (Å²) >= 11 is 0. The van der Waals surface area contributed by atoms with E-state index in [2.05, 4.69) is 20.8 Å². The number of carbonyl (C=O) groups is 3. The van der Waals surface area contributed by atoms with Gasteiger partial charge < -0.3 is 28.8 Å². The molecule has 10 heteroatoms. The second-order valence-corrected chi connectivity index (χ2v) is 13.7. The van der Waals surface area contributed by atoms with E-state index in [1.54, 1.807) is 0 Å². The molecule has 42 heavy (non-hydrogen) atoms. The fourth-order valence-corrected chi connectivity index (χ4v) is 8.60. The monoisotopic (exact) mass is 591 g/mol. The molecule has 5 aliphatic rings. The van der Waals surface area contributed by atoms with Crippen molar-refractivity contribution in [3.63, 3.8) is 0 Å². The van der Waals surface area contributed by atoms with Crippen LogP contribution in [0, 0.1) is 28.6 Å². The van der Waals surface area contributed by atoms with Gasteiger partial charge in [-0.05, 0) is 62.4 Å². The summed E-state index contributed by atoms with van der Waals surface area (Å²) in [6.45, 7) is 12.6. The molecule has 0 aromatic heterocycles. The second-order valence-electron chi connectivity index (χ2n) is 13.7. The molecule has 0 aromatic rings. The number of nitrogens with zero attached hydrogens (tertiary/aromatic N) is 1. The number of unbranched alkanes of at least 4 members (excludes halogenated alkanes) is 2. The summed E-state index contributed by atoms with van der Waals surface area (Å²) < 4.78 is 29.0. The number of hydrogen-bond donors (Lipinski definition) is 1. The van der Waals surface area contributed by atoms with Gasteiger partial charge in [-0.25, -0.2) is 4.79 Å². The molecule has 0 amide bonds. The fraction of sp³-hybridized carbons (Fsp3) is 0.844. The summed E-state index contributed by atoms with van der Waals surface area (Å²) in [5, 5.41) is 11.1. The van der Waals surface area contributed by atoms with Gasteiger partial charge in [-0.15, -0.1) is 0 Å². The summed E-state index contributed by atoms with van der Waals surface area (Å²) in [5.74, 6) is -0.463. The number of aliphatic hydroxyl groups excluding tert-OH is 1. The Morgan fingerprint density at radius 2 is 1.88 bits per heavy atom. The van der Waals surface area contributed by atoms with E-state index in [1.165, 1.54) is 0 Å². The molecule has 0 radical (unpaired) electrons. The molecule has 3 aliphatic heterocycles. The summed E-state index contributed by atoms with van der Waals surface area (Å²) in [6, 6.07) is 0. The molecule has 1 N–H and O–H groups in total. The lowest BCUT2D eigenvalue weighted by molar-refractivity contribution is -0.270. The topological polar surface area (TPSA) is 121 Å². The van der Waals surface area contributed by atoms with Crippen molar-refractivity contribution < 1.29 is 43.2 Å². The molecular formula is C32H49NO9. The average Bonchev–Trinajstić information content (AvgIpc) is 3.46. The Labute approximate surface area is 249 Å². The van der Waals surface area contributed by atoms with Crippen molar-refractivity contribution in [2.24, 2.45) is 28.6 Å². The van der Waals surface area contributed by atoms with Crippen molar-refractivity contribution in [1.29, 1.82) is 0 Å². The van der Waals surface area contributed by atoms with Gasteiger partial charge in [0, 0.05) is 42.3 Å². The highest BCUT2D eigenvalue weighted by molar-refractivity contribution is 5.92. The van der Waals surface area contributed by atoms with Crippen LogP contribution < -0.4 is 0 Å². The predicted octanol–water partition coefficient (Wildman–Crippen LogP) is 3.05. The smallest absolute Gasteiger partial charge is 0.334 e. The van der Waals surface area contributed by atoms with E-state index in [9.17, 15) is 19.5 Å². The van der Waals surface area contributed by atoms with Gasteiger partial charge in [0.25, 0.3) is 0 Å². The Morgan fingerprint density at radius 3 is 2.60 bits per heavy atom. The van der Waals surface area contributed by atoms with Crippen molar-refractivity contribution in [1.82, 2.24) is 4.90 Å². The predicted molar refractivity (Wildman–Crippen MR) is 152 cm³/mol. The Balaban J connectivity index is 1.17. The maximum atomic E-state index is 13.2. The van der Waals surface area contributed by atoms with Crippen LogP contribution in [0.3, 0.4) is 0 Å². The zero-order chi connectivity index (χ0) is 30.1. The highest BCUT2D eigenvalue weighted by Crippen LogP contribution is 2.70. The number of fused-ring (bicyclic) bond motifs is 4. The van der Waals surface area contributed by atoms with Gasteiger partial charge in [0.1, 0.15) is 18.3 Å². The summed E-state index contributed by atoms with van der Waals surface area (Å²) in [6.07, 6.45) is 3.98. The molecule has 236 valence electrons. The lowest BCUT2D eigenvalue weighted by atomic mass is 9.47. The zero-order valence-corrected chi connectivity index (χ0v) is 25.8. The van der Waals surface area contributed by atoms with Gasteiger partial charge >= 0.3 is 17.9 Å². The summed E-state index contributed by atoms with van der Waals surface area (Å²) in [4.78, 5) is 39.6. The molecule has 2 aliphatic carbocycles. The Hall–Kier alpha value is -2.01. The van der Waals surface area contributed by atoms with E-state index in [-0.39, 0.29) is 60.6 Å². The molecule has 0 spiro atoms.